The van der Waals surface area contributed by atoms with Crippen LogP contribution in [0.15, 0.2) is 0 Å². The lowest BCUT2D eigenvalue weighted by atomic mass is 10.2. The van der Waals surface area contributed by atoms with Crippen LogP contribution in [0.25, 0.3) is 0 Å². The Balaban J connectivity index is 2.01. The Labute approximate surface area is 110 Å². The molecule has 1 aliphatic heterocycles. The first-order valence-electron chi connectivity index (χ1n) is 6.88. The molecular weight excluding hydrogens is 232 g/mol. The normalized spacial score (nSPS) is 19.8. The molecule has 1 atom stereocenters. The van der Waals surface area contributed by atoms with E-state index < -0.39 is 0 Å². The van der Waals surface area contributed by atoms with Crippen LogP contribution in [0.2, 0.25) is 0 Å². The first-order valence-corrected chi connectivity index (χ1v) is 6.88. The van der Waals surface area contributed by atoms with Gasteiger partial charge < -0.3 is 19.7 Å². The molecule has 1 fully saturated rings. The third kappa shape index (κ3) is 5.33. The number of likely N-dealkylation sites (tertiary alicyclic amines) is 1. The third-order valence-corrected chi connectivity index (χ3v) is 3.15. The van der Waals surface area contributed by atoms with E-state index in [1.54, 1.807) is 7.11 Å². The van der Waals surface area contributed by atoms with Crippen molar-refractivity contribution in [2.75, 3.05) is 46.6 Å². The number of rotatable bonds is 10. The van der Waals surface area contributed by atoms with Crippen LogP contribution in [0.5, 0.6) is 0 Å². The minimum absolute atomic E-state index is 0.0490. The molecule has 0 spiro atoms. The number of hydrogen-bond donors (Lipinski definition) is 1. The molecule has 106 valence electrons. The summed E-state index contributed by atoms with van der Waals surface area (Å²) < 4.78 is 10.3. The van der Waals surface area contributed by atoms with E-state index in [1.165, 1.54) is 0 Å². The van der Waals surface area contributed by atoms with Crippen molar-refractivity contribution in [3.05, 3.63) is 0 Å². The van der Waals surface area contributed by atoms with E-state index in [9.17, 15) is 4.79 Å². The summed E-state index contributed by atoms with van der Waals surface area (Å²) in [5.74, 6) is 0.261. The lowest BCUT2D eigenvalue weighted by Gasteiger charge is -2.16. The summed E-state index contributed by atoms with van der Waals surface area (Å²) >= 11 is 0. The Bertz CT molecular complexity index is 236. The summed E-state index contributed by atoms with van der Waals surface area (Å²) in [5, 5.41) is 3.22. The van der Waals surface area contributed by atoms with Crippen LogP contribution in [-0.2, 0) is 14.3 Å². The monoisotopic (exact) mass is 258 g/mol. The number of ether oxygens (including phenoxy) is 2. The highest BCUT2D eigenvalue weighted by Gasteiger charge is 2.29. The zero-order chi connectivity index (χ0) is 13.2. The predicted molar refractivity (Wildman–Crippen MR) is 70.6 cm³/mol. The maximum absolute atomic E-state index is 11.9. The van der Waals surface area contributed by atoms with Gasteiger partial charge in [0.1, 0.15) is 0 Å². The summed E-state index contributed by atoms with van der Waals surface area (Å²) in [4.78, 5) is 13.9. The molecule has 0 aromatic rings. The van der Waals surface area contributed by atoms with Crippen molar-refractivity contribution in [1.29, 1.82) is 0 Å². The second kappa shape index (κ2) is 9.30. The van der Waals surface area contributed by atoms with Crippen molar-refractivity contribution in [2.45, 2.75) is 32.2 Å². The zero-order valence-corrected chi connectivity index (χ0v) is 11.6. The average molecular weight is 258 g/mol. The van der Waals surface area contributed by atoms with Gasteiger partial charge in [0.05, 0.1) is 19.3 Å². The molecule has 0 radical (unpaired) electrons. The van der Waals surface area contributed by atoms with Crippen LogP contribution in [0.3, 0.4) is 0 Å². The lowest BCUT2D eigenvalue weighted by molar-refractivity contribution is -0.129. The fourth-order valence-electron chi connectivity index (χ4n) is 2.15. The lowest BCUT2D eigenvalue weighted by Crippen LogP contribution is -2.38. The number of hydrogen-bond acceptors (Lipinski definition) is 4. The zero-order valence-electron chi connectivity index (χ0n) is 11.6. The molecule has 0 aromatic carbocycles. The highest BCUT2D eigenvalue weighted by atomic mass is 16.5. The molecule has 5 nitrogen and oxygen atoms in total. The van der Waals surface area contributed by atoms with E-state index in [1.807, 2.05) is 11.8 Å². The molecule has 0 saturated carbocycles. The Morgan fingerprint density at radius 2 is 2.17 bits per heavy atom. The Kier molecular flexibility index (Phi) is 7.96. The van der Waals surface area contributed by atoms with Gasteiger partial charge in [-0.3, -0.25) is 4.79 Å². The van der Waals surface area contributed by atoms with E-state index in [0.29, 0.717) is 13.2 Å². The van der Waals surface area contributed by atoms with E-state index >= 15 is 0 Å². The summed E-state index contributed by atoms with van der Waals surface area (Å²) in [6.45, 7) is 6.69. The molecule has 1 N–H and O–H groups in total. The van der Waals surface area contributed by atoms with E-state index in [-0.39, 0.29) is 11.9 Å². The molecule has 1 unspecified atom stereocenters. The molecule has 1 aliphatic rings. The van der Waals surface area contributed by atoms with Gasteiger partial charge in [-0.05, 0) is 25.8 Å². The molecule has 0 bridgehead atoms. The summed E-state index contributed by atoms with van der Waals surface area (Å²) in [5.41, 5.74) is 0. The van der Waals surface area contributed by atoms with Gasteiger partial charge in [0.25, 0.3) is 0 Å². The van der Waals surface area contributed by atoms with Crippen molar-refractivity contribution in [3.8, 4) is 0 Å². The Hall–Kier alpha value is -0.650. The molecule has 1 rings (SSSR count). The van der Waals surface area contributed by atoms with Crippen LogP contribution in [-0.4, -0.2) is 63.4 Å². The van der Waals surface area contributed by atoms with Gasteiger partial charge in [-0.2, -0.15) is 0 Å². The molecule has 1 heterocycles. The second-order valence-corrected chi connectivity index (χ2v) is 4.54. The quantitative estimate of drug-likeness (QED) is 0.584. The van der Waals surface area contributed by atoms with Crippen LogP contribution >= 0.6 is 0 Å². The summed E-state index contributed by atoms with van der Waals surface area (Å²) in [6.07, 6.45) is 2.95. The Morgan fingerprint density at radius 3 is 2.89 bits per heavy atom. The van der Waals surface area contributed by atoms with Crippen LogP contribution in [0.4, 0.5) is 0 Å². The SMILES string of the molecule is CCNC1CCN(CCCCOCCOC)C1=O. The minimum atomic E-state index is 0.0490. The van der Waals surface area contributed by atoms with Gasteiger partial charge in [0.15, 0.2) is 0 Å². The second-order valence-electron chi connectivity index (χ2n) is 4.54. The number of methoxy groups -OCH3 is 1. The highest BCUT2D eigenvalue weighted by Crippen LogP contribution is 2.11. The van der Waals surface area contributed by atoms with Crippen LogP contribution < -0.4 is 5.32 Å². The molecule has 0 aromatic heterocycles. The number of unbranched alkanes of at least 4 members (excludes halogenated alkanes) is 1. The van der Waals surface area contributed by atoms with Crippen molar-refractivity contribution < 1.29 is 14.3 Å². The first kappa shape index (κ1) is 15.4. The predicted octanol–water partition coefficient (Wildman–Crippen LogP) is 0.640. The fraction of sp³-hybridized carbons (Fsp3) is 0.923. The molecule has 1 saturated heterocycles. The van der Waals surface area contributed by atoms with Crippen LogP contribution in [0.1, 0.15) is 26.2 Å². The number of nitrogens with zero attached hydrogens (tertiary/aromatic N) is 1. The minimum Gasteiger partial charge on any atom is -0.382 e. The van der Waals surface area contributed by atoms with Crippen molar-refractivity contribution in [3.63, 3.8) is 0 Å². The molecule has 5 heteroatoms. The fourth-order valence-corrected chi connectivity index (χ4v) is 2.15. The number of carbonyl (C=O) groups is 1. The maximum atomic E-state index is 11.9. The van der Waals surface area contributed by atoms with E-state index in [2.05, 4.69) is 5.32 Å². The maximum Gasteiger partial charge on any atom is 0.239 e. The molecule has 1 amide bonds. The average Bonchev–Trinajstić information content (AvgIpc) is 2.71. The molecule has 0 aliphatic carbocycles. The number of nitrogens with one attached hydrogen (secondary N) is 1. The third-order valence-electron chi connectivity index (χ3n) is 3.15. The van der Waals surface area contributed by atoms with Gasteiger partial charge in [-0.15, -0.1) is 0 Å². The number of amides is 1. The number of likely N-dealkylation sites (N-methyl/N-ethyl adjacent to an activating group) is 1. The van der Waals surface area contributed by atoms with Gasteiger partial charge in [-0.1, -0.05) is 6.92 Å². The van der Waals surface area contributed by atoms with Gasteiger partial charge in [0.2, 0.25) is 5.91 Å². The standard InChI is InChI=1S/C13H26N2O3/c1-3-14-12-6-8-15(13(12)16)7-4-5-9-18-11-10-17-2/h12,14H,3-11H2,1-2H3. The smallest absolute Gasteiger partial charge is 0.239 e. The largest absolute Gasteiger partial charge is 0.382 e. The van der Waals surface area contributed by atoms with Gasteiger partial charge >= 0.3 is 0 Å². The first-order chi connectivity index (χ1) is 8.79. The molecular formula is C13H26N2O3. The Morgan fingerprint density at radius 1 is 1.33 bits per heavy atom. The summed E-state index contributed by atoms with van der Waals surface area (Å²) in [6, 6.07) is 0.0490. The van der Waals surface area contributed by atoms with Gasteiger partial charge in [0, 0.05) is 26.8 Å². The molecule has 18 heavy (non-hydrogen) atoms. The van der Waals surface area contributed by atoms with E-state index in [0.717, 1.165) is 45.5 Å². The summed E-state index contributed by atoms with van der Waals surface area (Å²) in [7, 11) is 1.67. The number of carbonyl (C=O) groups excluding carboxylic acids is 1. The van der Waals surface area contributed by atoms with Crippen molar-refractivity contribution >= 4 is 5.91 Å². The van der Waals surface area contributed by atoms with Crippen molar-refractivity contribution in [1.82, 2.24) is 10.2 Å². The van der Waals surface area contributed by atoms with Crippen molar-refractivity contribution in [2.24, 2.45) is 0 Å². The van der Waals surface area contributed by atoms with Gasteiger partial charge in [-0.25, -0.2) is 0 Å². The van der Waals surface area contributed by atoms with E-state index in [4.69, 9.17) is 9.47 Å². The topological polar surface area (TPSA) is 50.8 Å². The highest BCUT2D eigenvalue weighted by molar-refractivity contribution is 5.83. The van der Waals surface area contributed by atoms with Crippen LogP contribution in [0, 0.1) is 0 Å².